The first-order chi connectivity index (χ1) is 8.68. The Labute approximate surface area is 119 Å². The zero-order valence-corrected chi connectivity index (χ0v) is 12.2. The third-order valence-electron chi connectivity index (χ3n) is 3.51. The van der Waals surface area contributed by atoms with Gasteiger partial charge in [0.1, 0.15) is 0 Å². The molecule has 2 nitrogen and oxygen atoms in total. The minimum atomic E-state index is -0.216. The van der Waals surface area contributed by atoms with Crippen molar-refractivity contribution >= 4 is 23.2 Å². The molecule has 1 N–H and O–H groups in total. The molecular formula is C14H19Cl2NO. The quantitative estimate of drug-likeness (QED) is 0.907. The minimum absolute atomic E-state index is 0.216. The highest BCUT2D eigenvalue weighted by atomic mass is 35.5. The number of nitrogens with one attached hydrogen (secondary N) is 1. The maximum absolute atomic E-state index is 6.13. The molecule has 1 aromatic carbocycles. The zero-order valence-electron chi connectivity index (χ0n) is 10.6. The van der Waals surface area contributed by atoms with E-state index in [0.717, 1.165) is 37.9 Å². The predicted octanol–water partition coefficient (Wildman–Crippen LogP) is 4.00. The van der Waals surface area contributed by atoms with Crippen LogP contribution in [0.25, 0.3) is 0 Å². The van der Waals surface area contributed by atoms with E-state index in [9.17, 15) is 0 Å². The van der Waals surface area contributed by atoms with Crippen LogP contribution >= 0.6 is 23.2 Å². The van der Waals surface area contributed by atoms with Gasteiger partial charge in [-0.1, -0.05) is 29.3 Å². The molecule has 100 valence electrons. The molecule has 0 aromatic heterocycles. The van der Waals surface area contributed by atoms with E-state index in [-0.39, 0.29) is 5.60 Å². The molecule has 1 aliphatic heterocycles. The van der Waals surface area contributed by atoms with Crippen molar-refractivity contribution < 1.29 is 4.74 Å². The molecule has 1 heterocycles. The smallest absolute Gasteiger partial charge is 0.0944 e. The number of halogens is 2. The van der Waals surface area contributed by atoms with E-state index >= 15 is 0 Å². The van der Waals surface area contributed by atoms with Crippen LogP contribution in [0, 0.1) is 0 Å². The Morgan fingerprint density at radius 1 is 1.22 bits per heavy atom. The Morgan fingerprint density at radius 2 is 2.06 bits per heavy atom. The summed E-state index contributed by atoms with van der Waals surface area (Å²) in [5.41, 5.74) is 0.925. The first kappa shape index (κ1) is 14.1. The summed E-state index contributed by atoms with van der Waals surface area (Å²) in [7, 11) is 0. The molecule has 1 unspecified atom stereocenters. The van der Waals surface area contributed by atoms with Gasteiger partial charge in [-0.2, -0.15) is 0 Å². The topological polar surface area (TPSA) is 21.3 Å². The largest absolute Gasteiger partial charge is 0.371 e. The third-order valence-corrected chi connectivity index (χ3v) is 4.25. The van der Waals surface area contributed by atoms with Crippen molar-refractivity contribution in [3.8, 4) is 0 Å². The monoisotopic (exact) mass is 287 g/mol. The molecular weight excluding hydrogens is 269 g/mol. The maximum Gasteiger partial charge on any atom is 0.0944 e. The van der Waals surface area contributed by atoms with Gasteiger partial charge in [0.2, 0.25) is 0 Å². The van der Waals surface area contributed by atoms with E-state index < -0.39 is 0 Å². The lowest BCUT2D eigenvalue weighted by molar-refractivity contribution is -0.0535. The Kier molecular flexibility index (Phi) is 4.91. The summed E-state index contributed by atoms with van der Waals surface area (Å²) in [6, 6.07) is 5.85. The van der Waals surface area contributed by atoms with Gasteiger partial charge in [0, 0.05) is 6.61 Å². The van der Waals surface area contributed by atoms with E-state index in [2.05, 4.69) is 5.32 Å². The number of hydrogen-bond donors (Lipinski definition) is 1. The SMILES string of the molecule is CCOC1(c2ccc(Cl)c(Cl)c2)CCCNCC1. The first-order valence-electron chi connectivity index (χ1n) is 6.48. The van der Waals surface area contributed by atoms with Crippen LogP contribution in [0.4, 0.5) is 0 Å². The summed E-state index contributed by atoms with van der Waals surface area (Å²) in [6.45, 7) is 4.77. The summed E-state index contributed by atoms with van der Waals surface area (Å²) in [6.07, 6.45) is 3.10. The molecule has 0 amide bonds. The Bertz CT molecular complexity index is 401. The third kappa shape index (κ3) is 3.00. The molecule has 1 aromatic rings. The molecule has 18 heavy (non-hydrogen) atoms. The van der Waals surface area contributed by atoms with Crippen molar-refractivity contribution in [3.63, 3.8) is 0 Å². The fraction of sp³-hybridized carbons (Fsp3) is 0.571. The summed E-state index contributed by atoms with van der Waals surface area (Å²) in [4.78, 5) is 0. The maximum atomic E-state index is 6.13. The normalized spacial score (nSPS) is 24.8. The van der Waals surface area contributed by atoms with Gasteiger partial charge in [0.05, 0.1) is 15.6 Å². The predicted molar refractivity (Wildman–Crippen MR) is 76.5 cm³/mol. The Balaban J connectivity index is 2.35. The summed E-state index contributed by atoms with van der Waals surface area (Å²) in [5.74, 6) is 0. The van der Waals surface area contributed by atoms with Crippen LogP contribution < -0.4 is 5.32 Å². The molecule has 2 rings (SSSR count). The fourth-order valence-corrected chi connectivity index (χ4v) is 2.91. The fourth-order valence-electron chi connectivity index (χ4n) is 2.61. The van der Waals surface area contributed by atoms with Crippen molar-refractivity contribution in [1.82, 2.24) is 5.32 Å². The summed E-state index contributed by atoms with van der Waals surface area (Å²) in [5, 5.41) is 4.62. The molecule has 1 aliphatic rings. The molecule has 1 atom stereocenters. The van der Waals surface area contributed by atoms with Crippen LogP contribution in [0.2, 0.25) is 10.0 Å². The zero-order chi connectivity index (χ0) is 13.0. The number of hydrogen-bond acceptors (Lipinski definition) is 2. The molecule has 0 spiro atoms. The van der Waals surface area contributed by atoms with Gasteiger partial charge in [0.25, 0.3) is 0 Å². The van der Waals surface area contributed by atoms with Gasteiger partial charge in [-0.15, -0.1) is 0 Å². The van der Waals surface area contributed by atoms with Gasteiger partial charge in [0.15, 0.2) is 0 Å². The molecule has 0 bridgehead atoms. The second-order valence-corrected chi connectivity index (χ2v) is 5.47. The molecule has 0 radical (unpaired) electrons. The van der Waals surface area contributed by atoms with Crippen molar-refractivity contribution in [2.45, 2.75) is 31.8 Å². The molecule has 0 aliphatic carbocycles. The van der Waals surface area contributed by atoms with Crippen LogP contribution in [-0.4, -0.2) is 19.7 Å². The first-order valence-corrected chi connectivity index (χ1v) is 7.24. The standard InChI is InChI=1S/C14H19Cl2NO/c1-2-18-14(6-3-8-17-9-7-14)11-4-5-12(15)13(16)10-11/h4-5,10,17H,2-3,6-9H2,1H3. The molecule has 1 fully saturated rings. The van der Waals surface area contributed by atoms with Gasteiger partial charge in [-0.3, -0.25) is 0 Å². The Hall–Kier alpha value is -0.280. The van der Waals surface area contributed by atoms with Crippen LogP contribution in [0.3, 0.4) is 0 Å². The highest BCUT2D eigenvalue weighted by molar-refractivity contribution is 6.42. The Morgan fingerprint density at radius 3 is 2.78 bits per heavy atom. The van der Waals surface area contributed by atoms with Crippen molar-refractivity contribution in [3.05, 3.63) is 33.8 Å². The highest BCUT2D eigenvalue weighted by Gasteiger charge is 2.33. The van der Waals surface area contributed by atoms with Gasteiger partial charge in [-0.05, 0) is 57.0 Å². The van der Waals surface area contributed by atoms with Crippen LogP contribution in [0.1, 0.15) is 31.7 Å². The lowest BCUT2D eigenvalue weighted by Crippen LogP contribution is -2.31. The second-order valence-electron chi connectivity index (χ2n) is 4.66. The van der Waals surface area contributed by atoms with Crippen molar-refractivity contribution in [2.75, 3.05) is 19.7 Å². The molecule has 0 saturated carbocycles. The lowest BCUT2D eigenvalue weighted by Gasteiger charge is -2.33. The average molecular weight is 288 g/mol. The lowest BCUT2D eigenvalue weighted by atomic mass is 9.86. The van der Waals surface area contributed by atoms with Crippen LogP contribution in [0.15, 0.2) is 18.2 Å². The molecule has 1 saturated heterocycles. The van der Waals surface area contributed by atoms with Gasteiger partial charge in [-0.25, -0.2) is 0 Å². The van der Waals surface area contributed by atoms with Crippen LogP contribution in [0.5, 0.6) is 0 Å². The minimum Gasteiger partial charge on any atom is -0.371 e. The van der Waals surface area contributed by atoms with E-state index in [1.807, 2.05) is 25.1 Å². The van der Waals surface area contributed by atoms with Gasteiger partial charge >= 0.3 is 0 Å². The summed E-state index contributed by atoms with van der Waals surface area (Å²) >= 11 is 12.1. The van der Waals surface area contributed by atoms with E-state index in [1.54, 1.807) is 0 Å². The van der Waals surface area contributed by atoms with E-state index in [1.165, 1.54) is 0 Å². The number of rotatable bonds is 3. The highest BCUT2D eigenvalue weighted by Crippen LogP contribution is 2.38. The second kappa shape index (κ2) is 6.25. The summed E-state index contributed by atoms with van der Waals surface area (Å²) < 4.78 is 6.09. The number of ether oxygens (including phenoxy) is 1. The molecule has 4 heteroatoms. The van der Waals surface area contributed by atoms with Crippen LogP contribution in [-0.2, 0) is 10.3 Å². The van der Waals surface area contributed by atoms with Gasteiger partial charge < -0.3 is 10.1 Å². The average Bonchev–Trinajstić information content (AvgIpc) is 2.60. The van der Waals surface area contributed by atoms with Crippen molar-refractivity contribution in [2.24, 2.45) is 0 Å². The van der Waals surface area contributed by atoms with E-state index in [4.69, 9.17) is 27.9 Å². The van der Waals surface area contributed by atoms with E-state index in [0.29, 0.717) is 16.7 Å². The van der Waals surface area contributed by atoms with Crippen molar-refractivity contribution in [1.29, 1.82) is 0 Å². The number of benzene rings is 1.